The maximum absolute atomic E-state index is 11.3. The molecule has 6 nitrogen and oxygen atoms in total. The Balaban J connectivity index is 2.40. The summed E-state index contributed by atoms with van der Waals surface area (Å²) in [6, 6.07) is 0. The van der Waals surface area contributed by atoms with E-state index < -0.39 is 11.1 Å². The van der Waals surface area contributed by atoms with E-state index in [1.54, 1.807) is 7.11 Å². The Morgan fingerprint density at radius 2 is 2.33 bits per heavy atom. The lowest BCUT2D eigenvalue weighted by atomic mass is 10.1. The minimum atomic E-state index is -2.04. The predicted molar refractivity (Wildman–Crippen MR) is 67.9 cm³/mol. The first kappa shape index (κ1) is 13.4. The third-order valence-electron chi connectivity index (χ3n) is 2.59. The molecule has 2 unspecified atom stereocenters. The molecule has 2 heterocycles. The Bertz CT molecular complexity index is 492. The number of nitrogens with one attached hydrogen (secondary N) is 1. The number of hydrogen-bond donors (Lipinski definition) is 2. The number of allylic oxidation sites excluding steroid dienone is 1. The first-order valence-corrected chi connectivity index (χ1v) is 6.71. The molecule has 2 rings (SSSR count). The molecule has 8 heteroatoms. The number of aromatic nitrogens is 2. The Labute approximate surface area is 112 Å². The first-order valence-electron chi connectivity index (χ1n) is 5.23. The van der Waals surface area contributed by atoms with Crippen LogP contribution in [0.5, 0.6) is 0 Å². The van der Waals surface area contributed by atoms with Gasteiger partial charge in [-0.2, -0.15) is 0 Å². The Morgan fingerprint density at radius 3 is 2.89 bits per heavy atom. The molecule has 0 saturated carbocycles. The van der Waals surface area contributed by atoms with Crippen molar-refractivity contribution in [3.8, 4) is 0 Å². The second kappa shape index (κ2) is 5.75. The normalized spacial score (nSPS) is 21.6. The van der Waals surface area contributed by atoms with Gasteiger partial charge in [-0.25, -0.2) is 14.2 Å². The maximum Gasteiger partial charge on any atom is 0.184 e. The quantitative estimate of drug-likeness (QED) is 0.818. The fourth-order valence-electron chi connectivity index (χ4n) is 1.71. The summed E-state index contributed by atoms with van der Waals surface area (Å²) in [5.74, 6) is 0. The van der Waals surface area contributed by atoms with Gasteiger partial charge in [-0.05, 0) is 12.8 Å². The molecular formula is C10H12ClN3O3S. The van der Waals surface area contributed by atoms with Gasteiger partial charge in [0.25, 0.3) is 0 Å². The summed E-state index contributed by atoms with van der Waals surface area (Å²) in [6.07, 6.45) is 3.73. The zero-order valence-electron chi connectivity index (χ0n) is 9.59. The minimum Gasteiger partial charge on any atom is -0.362 e. The van der Waals surface area contributed by atoms with Crippen LogP contribution < -0.4 is 5.32 Å². The van der Waals surface area contributed by atoms with E-state index in [0.29, 0.717) is 29.1 Å². The van der Waals surface area contributed by atoms with E-state index in [2.05, 4.69) is 15.3 Å². The monoisotopic (exact) mass is 289 g/mol. The molecule has 1 aromatic rings. The van der Waals surface area contributed by atoms with Crippen molar-refractivity contribution in [2.24, 2.45) is 0 Å². The lowest BCUT2D eigenvalue weighted by Gasteiger charge is -2.26. The molecule has 1 aliphatic rings. The molecule has 0 bridgehead atoms. The van der Waals surface area contributed by atoms with Crippen LogP contribution in [0.15, 0.2) is 17.3 Å². The lowest BCUT2D eigenvalue weighted by molar-refractivity contribution is 0.0782. The SMILES string of the molecule is COC1CCC(S(=O)O)=C(c2cnc(Cl)cn2)N1. The molecule has 2 atom stereocenters. The number of methoxy groups -OCH3 is 1. The highest BCUT2D eigenvalue weighted by atomic mass is 35.5. The van der Waals surface area contributed by atoms with E-state index in [-0.39, 0.29) is 11.4 Å². The average Bonchev–Trinajstić information content (AvgIpc) is 2.38. The van der Waals surface area contributed by atoms with Crippen molar-refractivity contribution in [3.63, 3.8) is 0 Å². The molecule has 98 valence electrons. The Morgan fingerprint density at radius 1 is 1.56 bits per heavy atom. The summed E-state index contributed by atoms with van der Waals surface area (Å²) in [6.45, 7) is 0. The summed E-state index contributed by atoms with van der Waals surface area (Å²) in [4.78, 5) is 8.38. The van der Waals surface area contributed by atoms with Crippen LogP contribution in [0.3, 0.4) is 0 Å². The molecule has 0 amide bonds. The molecule has 0 radical (unpaired) electrons. The molecule has 0 aliphatic carbocycles. The largest absolute Gasteiger partial charge is 0.362 e. The van der Waals surface area contributed by atoms with Gasteiger partial charge < -0.3 is 14.6 Å². The van der Waals surface area contributed by atoms with Crippen LogP contribution in [0.2, 0.25) is 5.15 Å². The highest BCUT2D eigenvalue weighted by Crippen LogP contribution is 2.26. The van der Waals surface area contributed by atoms with Gasteiger partial charge in [-0.15, -0.1) is 0 Å². The van der Waals surface area contributed by atoms with Crippen molar-refractivity contribution in [1.82, 2.24) is 15.3 Å². The van der Waals surface area contributed by atoms with Crippen molar-refractivity contribution in [2.45, 2.75) is 19.1 Å². The smallest absolute Gasteiger partial charge is 0.184 e. The van der Waals surface area contributed by atoms with Gasteiger partial charge in [0.2, 0.25) is 0 Å². The topological polar surface area (TPSA) is 84.3 Å². The molecule has 0 spiro atoms. The van der Waals surface area contributed by atoms with Gasteiger partial charge in [-0.3, -0.25) is 0 Å². The molecular weight excluding hydrogens is 278 g/mol. The fourth-order valence-corrected chi connectivity index (χ4v) is 2.44. The fraction of sp³-hybridized carbons (Fsp3) is 0.400. The predicted octanol–water partition coefficient (Wildman–Crippen LogP) is 1.38. The van der Waals surface area contributed by atoms with Gasteiger partial charge in [0.15, 0.2) is 11.1 Å². The molecule has 0 fully saturated rings. The summed E-state index contributed by atoms with van der Waals surface area (Å²) >= 11 is 3.62. The molecule has 1 aliphatic heterocycles. The van der Waals surface area contributed by atoms with Gasteiger partial charge in [-0.1, -0.05) is 11.6 Å². The minimum absolute atomic E-state index is 0.204. The van der Waals surface area contributed by atoms with Crippen LogP contribution in [-0.4, -0.2) is 32.1 Å². The van der Waals surface area contributed by atoms with Crippen molar-refractivity contribution in [3.05, 3.63) is 28.1 Å². The number of nitrogens with zero attached hydrogens (tertiary/aromatic N) is 2. The first-order chi connectivity index (χ1) is 8.61. The number of rotatable bonds is 3. The van der Waals surface area contributed by atoms with Crippen LogP contribution in [0.1, 0.15) is 18.5 Å². The Hall–Kier alpha value is -1.02. The number of hydrogen-bond acceptors (Lipinski definition) is 5. The number of ether oxygens (including phenoxy) is 1. The van der Waals surface area contributed by atoms with Crippen LogP contribution in [0.25, 0.3) is 5.70 Å². The summed E-state index contributed by atoms with van der Waals surface area (Å²) in [5, 5.41) is 3.30. The van der Waals surface area contributed by atoms with E-state index in [1.165, 1.54) is 12.4 Å². The van der Waals surface area contributed by atoms with Crippen molar-refractivity contribution >= 4 is 28.4 Å². The highest BCUT2D eigenvalue weighted by Gasteiger charge is 2.24. The zero-order valence-corrected chi connectivity index (χ0v) is 11.2. The Kier molecular flexibility index (Phi) is 4.28. The van der Waals surface area contributed by atoms with Gasteiger partial charge in [0, 0.05) is 7.11 Å². The van der Waals surface area contributed by atoms with E-state index in [1.807, 2.05) is 0 Å². The molecule has 0 saturated heterocycles. The zero-order chi connectivity index (χ0) is 13.1. The average molecular weight is 290 g/mol. The van der Waals surface area contributed by atoms with E-state index in [0.717, 1.165) is 0 Å². The van der Waals surface area contributed by atoms with E-state index >= 15 is 0 Å². The molecule has 18 heavy (non-hydrogen) atoms. The maximum atomic E-state index is 11.3. The molecule has 0 aromatic carbocycles. The van der Waals surface area contributed by atoms with Gasteiger partial charge >= 0.3 is 0 Å². The second-order valence-corrected chi connectivity index (χ2v) is 5.06. The molecule has 1 aromatic heterocycles. The number of halogens is 1. The van der Waals surface area contributed by atoms with Crippen LogP contribution in [-0.2, 0) is 15.8 Å². The summed E-state index contributed by atoms with van der Waals surface area (Å²) in [5.41, 5.74) is 0.955. The van der Waals surface area contributed by atoms with E-state index in [9.17, 15) is 8.76 Å². The second-order valence-electron chi connectivity index (χ2n) is 3.68. The van der Waals surface area contributed by atoms with Crippen molar-refractivity contribution in [1.29, 1.82) is 0 Å². The van der Waals surface area contributed by atoms with Gasteiger partial charge in [0.05, 0.1) is 23.0 Å². The summed E-state index contributed by atoms with van der Waals surface area (Å²) < 4.78 is 25.8. The molecule has 2 N–H and O–H groups in total. The van der Waals surface area contributed by atoms with Crippen molar-refractivity contribution in [2.75, 3.05) is 7.11 Å². The van der Waals surface area contributed by atoms with Crippen molar-refractivity contribution < 1.29 is 13.5 Å². The highest BCUT2D eigenvalue weighted by molar-refractivity contribution is 7.83. The summed E-state index contributed by atoms with van der Waals surface area (Å²) in [7, 11) is 1.57. The van der Waals surface area contributed by atoms with Crippen LogP contribution >= 0.6 is 11.6 Å². The van der Waals surface area contributed by atoms with Crippen LogP contribution in [0.4, 0.5) is 0 Å². The standard InChI is InChI=1S/C10H12ClN3O3S/c1-17-9-3-2-7(18(15)16)10(14-9)6-4-13-8(11)5-12-6/h4-5,9,14H,2-3H2,1H3,(H,15,16). The van der Waals surface area contributed by atoms with Gasteiger partial charge in [0.1, 0.15) is 17.1 Å². The third kappa shape index (κ3) is 2.86. The van der Waals surface area contributed by atoms with Crippen LogP contribution in [0, 0.1) is 0 Å². The third-order valence-corrected chi connectivity index (χ3v) is 3.61. The lowest BCUT2D eigenvalue weighted by Crippen LogP contribution is -2.34. The van der Waals surface area contributed by atoms with E-state index in [4.69, 9.17) is 16.3 Å².